The van der Waals surface area contributed by atoms with Gasteiger partial charge in [-0.1, -0.05) is 30.3 Å². The van der Waals surface area contributed by atoms with Crippen LogP contribution >= 0.6 is 11.3 Å². The fourth-order valence-corrected chi connectivity index (χ4v) is 3.90. The Hall–Kier alpha value is -3.20. The molecule has 0 unspecified atom stereocenters. The van der Waals surface area contributed by atoms with Crippen molar-refractivity contribution >= 4 is 17.4 Å². The molecule has 30 heavy (non-hydrogen) atoms. The van der Waals surface area contributed by atoms with E-state index in [-0.39, 0.29) is 11.5 Å². The number of nitrogens with one attached hydrogen (secondary N) is 1. The molecule has 6 nitrogen and oxygen atoms in total. The van der Waals surface area contributed by atoms with Crippen LogP contribution in [0.2, 0.25) is 0 Å². The summed E-state index contributed by atoms with van der Waals surface area (Å²) in [7, 11) is 0. The summed E-state index contributed by atoms with van der Waals surface area (Å²) in [6.45, 7) is 2.37. The molecular weight excluding hydrogens is 412 g/mol. The van der Waals surface area contributed by atoms with Gasteiger partial charge in [-0.15, -0.1) is 20.1 Å². The molecule has 2 aromatic carbocycles. The number of benzene rings is 2. The highest BCUT2D eigenvalue weighted by atomic mass is 32.1. The van der Waals surface area contributed by atoms with Gasteiger partial charge in [0, 0.05) is 23.7 Å². The van der Waals surface area contributed by atoms with Gasteiger partial charge in [-0.05, 0) is 37.5 Å². The van der Waals surface area contributed by atoms with E-state index in [1.165, 1.54) is 29.0 Å². The first-order valence-electron chi connectivity index (χ1n) is 9.35. The molecule has 1 aliphatic rings. The predicted molar refractivity (Wildman–Crippen MR) is 108 cm³/mol. The number of urea groups is 1. The summed E-state index contributed by atoms with van der Waals surface area (Å²) in [6, 6.07) is 14.0. The maximum absolute atomic E-state index is 13.3. The number of hydrogen-bond acceptors (Lipinski definition) is 4. The third-order valence-corrected chi connectivity index (χ3v) is 5.29. The van der Waals surface area contributed by atoms with Gasteiger partial charge in [-0.2, -0.15) is 4.99 Å². The minimum absolute atomic E-state index is 0.0362. The van der Waals surface area contributed by atoms with E-state index in [0.29, 0.717) is 17.0 Å². The number of amides is 2. The largest absolute Gasteiger partial charge is 0.586 e. The zero-order chi connectivity index (χ0) is 21.1. The lowest BCUT2D eigenvalue weighted by atomic mass is 10.1. The Balaban J connectivity index is 1.45. The van der Waals surface area contributed by atoms with Gasteiger partial charge in [0.1, 0.15) is 0 Å². The number of carbonyl (C=O) groups is 1. The van der Waals surface area contributed by atoms with Gasteiger partial charge in [0.05, 0.1) is 5.69 Å². The molecule has 0 aliphatic carbocycles. The maximum Gasteiger partial charge on any atom is 0.586 e. The first kappa shape index (κ1) is 20.1. The quantitative estimate of drug-likeness (QED) is 0.609. The molecule has 2 amide bonds. The van der Waals surface area contributed by atoms with Crippen molar-refractivity contribution in [2.45, 2.75) is 26.1 Å². The Morgan fingerprint density at radius 3 is 2.73 bits per heavy atom. The standard InChI is InChI=1S/C21H19F2N3O3S/c1-14-13-26(16-9-10-17-18(12-16)29-21(22,23)28-17)20(30-14)25-19(27)24-11-5-8-15-6-3-2-4-7-15/h2-4,6-7,9-10,12-13H,5,8,11H2,1H3,(H,24,27)/b25-20-. The predicted octanol–water partition coefficient (Wildman–Crippen LogP) is 4.41. The Kier molecular flexibility index (Phi) is 5.54. The van der Waals surface area contributed by atoms with Gasteiger partial charge < -0.3 is 14.8 Å². The van der Waals surface area contributed by atoms with Crippen molar-refractivity contribution in [2.75, 3.05) is 6.54 Å². The van der Waals surface area contributed by atoms with Crippen LogP contribution in [0.5, 0.6) is 11.5 Å². The second-order valence-electron chi connectivity index (χ2n) is 6.73. The Morgan fingerprint density at radius 1 is 1.17 bits per heavy atom. The van der Waals surface area contributed by atoms with Crippen LogP contribution in [0, 0.1) is 6.92 Å². The summed E-state index contributed by atoms with van der Waals surface area (Å²) < 4.78 is 37.1. The minimum atomic E-state index is -3.68. The molecule has 1 aliphatic heterocycles. The summed E-state index contributed by atoms with van der Waals surface area (Å²) in [6.07, 6.45) is -0.239. The van der Waals surface area contributed by atoms with Crippen LogP contribution in [0.15, 0.2) is 59.7 Å². The summed E-state index contributed by atoms with van der Waals surface area (Å²) in [5, 5.41) is 2.79. The molecule has 0 spiro atoms. The van der Waals surface area contributed by atoms with E-state index in [1.807, 2.05) is 37.3 Å². The highest BCUT2D eigenvalue weighted by molar-refractivity contribution is 7.09. The van der Waals surface area contributed by atoms with E-state index in [4.69, 9.17) is 0 Å². The summed E-state index contributed by atoms with van der Waals surface area (Å²) in [5.74, 6) is -0.101. The van der Waals surface area contributed by atoms with Crippen molar-refractivity contribution < 1.29 is 23.0 Å². The molecule has 0 saturated carbocycles. The number of ether oxygens (including phenoxy) is 2. The summed E-state index contributed by atoms with van der Waals surface area (Å²) in [4.78, 5) is 17.7. The van der Waals surface area contributed by atoms with Gasteiger partial charge in [0.15, 0.2) is 16.3 Å². The minimum Gasteiger partial charge on any atom is -0.395 e. The summed E-state index contributed by atoms with van der Waals surface area (Å²) in [5.41, 5.74) is 1.75. The van der Waals surface area contributed by atoms with Crippen LogP contribution < -0.4 is 19.6 Å². The zero-order valence-corrected chi connectivity index (χ0v) is 16.9. The monoisotopic (exact) mass is 431 g/mol. The molecule has 0 atom stereocenters. The average Bonchev–Trinajstić information content (AvgIpc) is 3.22. The van der Waals surface area contributed by atoms with Crippen LogP contribution in [0.1, 0.15) is 16.9 Å². The molecule has 1 N–H and O–H groups in total. The number of carbonyl (C=O) groups excluding carboxylic acids is 1. The van der Waals surface area contributed by atoms with E-state index in [2.05, 4.69) is 19.8 Å². The lowest BCUT2D eigenvalue weighted by Crippen LogP contribution is -2.26. The number of aryl methyl sites for hydroxylation is 2. The van der Waals surface area contributed by atoms with E-state index < -0.39 is 12.3 Å². The van der Waals surface area contributed by atoms with Gasteiger partial charge in [-0.25, -0.2) is 4.79 Å². The third kappa shape index (κ3) is 4.68. The van der Waals surface area contributed by atoms with Gasteiger partial charge >= 0.3 is 12.3 Å². The number of alkyl halides is 2. The maximum atomic E-state index is 13.3. The molecule has 2 heterocycles. The van der Waals surface area contributed by atoms with Crippen LogP contribution in [0.4, 0.5) is 13.6 Å². The fraction of sp³-hybridized carbons (Fsp3) is 0.238. The fourth-order valence-electron chi connectivity index (χ4n) is 3.06. The molecule has 0 bridgehead atoms. The van der Waals surface area contributed by atoms with E-state index in [1.54, 1.807) is 16.8 Å². The van der Waals surface area contributed by atoms with Gasteiger partial charge in [0.25, 0.3) is 0 Å². The van der Waals surface area contributed by atoms with Crippen molar-refractivity contribution in [3.63, 3.8) is 0 Å². The van der Waals surface area contributed by atoms with Crippen molar-refractivity contribution in [1.82, 2.24) is 9.88 Å². The van der Waals surface area contributed by atoms with E-state index in [0.717, 1.165) is 17.7 Å². The number of aromatic nitrogens is 1. The Bertz CT molecular complexity index is 1130. The molecule has 3 aromatic rings. The first-order chi connectivity index (χ1) is 14.4. The van der Waals surface area contributed by atoms with Crippen molar-refractivity contribution in [1.29, 1.82) is 0 Å². The van der Waals surface area contributed by atoms with Gasteiger partial charge in [-0.3, -0.25) is 4.57 Å². The normalized spacial score (nSPS) is 14.7. The lowest BCUT2D eigenvalue weighted by Gasteiger charge is -2.05. The highest BCUT2D eigenvalue weighted by Crippen LogP contribution is 2.41. The van der Waals surface area contributed by atoms with Gasteiger partial charge in [0.2, 0.25) is 0 Å². The number of thiazole rings is 1. The first-order valence-corrected chi connectivity index (χ1v) is 10.2. The molecule has 4 rings (SSSR count). The molecule has 0 saturated heterocycles. The molecule has 0 radical (unpaired) electrons. The molecule has 0 fully saturated rings. The second kappa shape index (κ2) is 8.27. The molecule has 156 valence electrons. The van der Waals surface area contributed by atoms with Crippen LogP contribution in [0.25, 0.3) is 5.69 Å². The molecule has 1 aromatic heterocycles. The number of halogens is 2. The smallest absolute Gasteiger partial charge is 0.395 e. The number of rotatable bonds is 5. The zero-order valence-electron chi connectivity index (χ0n) is 16.1. The van der Waals surface area contributed by atoms with Crippen molar-refractivity contribution in [3.05, 3.63) is 70.0 Å². The van der Waals surface area contributed by atoms with Crippen LogP contribution in [-0.4, -0.2) is 23.4 Å². The Labute approximate surface area is 175 Å². The summed E-state index contributed by atoms with van der Waals surface area (Å²) >= 11 is 1.32. The molecule has 9 heteroatoms. The van der Waals surface area contributed by atoms with E-state index in [9.17, 15) is 13.6 Å². The average molecular weight is 431 g/mol. The van der Waals surface area contributed by atoms with Crippen LogP contribution in [0.3, 0.4) is 0 Å². The van der Waals surface area contributed by atoms with Crippen molar-refractivity contribution in [2.24, 2.45) is 4.99 Å². The van der Waals surface area contributed by atoms with Crippen molar-refractivity contribution in [3.8, 4) is 17.2 Å². The van der Waals surface area contributed by atoms with E-state index >= 15 is 0 Å². The SMILES string of the molecule is Cc1cn(-c2ccc3c(c2)OC(F)(F)O3)/c(=N/C(=O)NCCCc2ccccc2)s1. The Morgan fingerprint density at radius 2 is 1.93 bits per heavy atom. The third-order valence-electron chi connectivity index (χ3n) is 4.39. The number of nitrogens with zero attached hydrogens (tertiary/aromatic N) is 2. The topological polar surface area (TPSA) is 64.8 Å². The second-order valence-corrected chi connectivity index (χ2v) is 7.94. The number of hydrogen-bond donors (Lipinski definition) is 1. The lowest BCUT2D eigenvalue weighted by molar-refractivity contribution is -0.286. The van der Waals surface area contributed by atoms with Crippen LogP contribution in [-0.2, 0) is 6.42 Å². The molecular formula is C21H19F2N3O3S. The highest BCUT2D eigenvalue weighted by Gasteiger charge is 2.43. The number of fused-ring (bicyclic) bond motifs is 1.